The van der Waals surface area contributed by atoms with Gasteiger partial charge in [-0.2, -0.15) is 5.26 Å². The predicted molar refractivity (Wildman–Crippen MR) is 100 cm³/mol. The van der Waals surface area contributed by atoms with Gasteiger partial charge < -0.3 is 9.47 Å². The van der Waals surface area contributed by atoms with Gasteiger partial charge in [-0.1, -0.05) is 11.6 Å². The van der Waals surface area contributed by atoms with Crippen LogP contribution in [0.1, 0.15) is 19.4 Å². The number of likely N-dealkylation sites (N-methyl/N-ethyl adjacent to an activating group) is 1. The lowest BCUT2D eigenvalue weighted by atomic mass is 10.1. The predicted octanol–water partition coefficient (Wildman–Crippen LogP) is 3.56. The highest BCUT2D eigenvalue weighted by Gasteiger charge is 2.31. The Hall–Kier alpha value is -2.17. The minimum atomic E-state index is -0.132. The maximum atomic E-state index is 12.5. The van der Waals surface area contributed by atoms with Gasteiger partial charge in [-0.15, -0.1) is 0 Å². The van der Waals surface area contributed by atoms with Gasteiger partial charge >= 0.3 is 0 Å². The lowest BCUT2D eigenvalue weighted by Gasteiger charge is -2.12. The highest BCUT2D eigenvalue weighted by molar-refractivity contribution is 8.18. The number of amides is 1. The number of amidine groups is 1. The summed E-state index contributed by atoms with van der Waals surface area (Å²) < 4.78 is 10.6. The van der Waals surface area contributed by atoms with E-state index in [0.717, 1.165) is 0 Å². The molecule has 1 aromatic carbocycles. The minimum absolute atomic E-state index is 0.0837. The second-order valence-electron chi connectivity index (χ2n) is 4.90. The van der Waals surface area contributed by atoms with Gasteiger partial charge in [0.2, 0.25) is 0 Å². The van der Waals surface area contributed by atoms with Crippen LogP contribution in [0, 0.1) is 11.3 Å². The zero-order valence-electron chi connectivity index (χ0n) is 14.2. The van der Waals surface area contributed by atoms with E-state index in [1.165, 1.54) is 18.9 Å². The summed E-state index contributed by atoms with van der Waals surface area (Å²) in [7, 11) is 1.49. The van der Waals surface area contributed by atoms with Crippen LogP contribution in [0.15, 0.2) is 22.0 Å². The second kappa shape index (κ2) is 8.79. The average Bonchev–Trinajstić information content (AvgIpc) is 2.88. The molecule has 1 aliphatic rings. The van der Waals surface area contributed by atoms with Gasteiger partial charge in [-0.25, -0.2) is 0 Å². The van der Waals surface area contributed by atoms with Crippen LogP contribution in [-0.2, 0) is 4.79 Å². The van der Waals surface area contributed by atoms with Gasteiger partial charge in [0, 0.05) is 13.1 Å². The number of nitrogens with zero attached hydrogens (tertiary/aromatic N) is 3. The van der Waals surface area contributed by atoms with E-state index in [9.17, 15) is 4.79 Å². The fourth-order valence-corrected chi connectivity index (χ4v) is 3.64. The summed E-state index contributed by atoms with van der Waals surface area (Å²) in [6.45, 7) is 4.89. The first-order valence-electron chi connectivity index (χ1n) is 7.68. The van der Waals surface area contributed by atoms with Gasteiger partial charge in [0.05, 0.1) is 17.0 Å². The van der Waals surface area contributed by atoms with Crippen LogP contribution in [0.4, 0.5) is 0 Å². The van der Waals surface area contributed by atoms with E-state index in [4.69, 9.17) is 26.3 Å². The van der Waals surface area contributed by atoms with Gasteiger partial charge in [-0.3, -0.25) is 14.7 Å². The number of aliphatic imine (C=N–C) groups is 1. The number of thioether (sulfide) groups is 1. The van der Waals surface area contributed by atoms with E-state index >= 15 is 0 Å². The molecule has 25 heavy (non-hydrogen) atoms. The molecule has 0 bridgehead atoms. The Labute approximate surface area is 156 Å². The Morgan fingerprint density at radius 2 is 2.20 bits per heavy atom. The number of carbonyl (C=O) groups is 1. The summed E-state index contributed by atoms with van der Waals surface area (Å²) in [5.74, 6) is 0.626. The van der Waals surface area contributed by atoms with Crippen molar-refractivity contribution < 1.29 is 14.3 Å². The average molecular weight is 380 g/mol. The smallest absolute Gasteiger partial charge is 0.266 e. The molecule has 1 aliphatic heterocycles. The van der Waals surface area contributed by atoms with Gasteiger partial charge in [0.15, 0.2) is 23.3 Å². The van der Waals surface area contributed by atoms with Crippen molar-refractivity contribution >= 4 is 40.5 Å². The second-order valence-corrected chi connectivity index (χ2v) is 6.31. The summed E-state index contributed by atoms with van der Waals surface area (Å²) in [6, 6.07) is 5.27. The Kier molecular flexibility index (Phi) is 6.73. The molecular weight excluding hydrogens is 362 g/mol. The highest BCUT2D eigenvalue weighted by atomic mass is 35.5. The molecule has 1 fully saturated rings. The van der Waals surface area contributed by atoms with E-state index < -0.39 is 0 Å². The Morgan fingerprint density at radius 1 is 1.44 bits per heavy atom. The quantitative estimate of drug-likeness (QED) is 0.706. The number of hydrogen-bond acceptors (Lipinski definition) is 6. The normalized spacial score (nSPS) is 17.2. The molecule has 1 heterocycles. The molecule has 1 saturated heterocycles. The standard InChI is InChI=1S/C17H18ClN3O3S/c1-4-20-17-21(5-2)16(22)14(25-17)10-11-8-12(18)15(24-7-6-19)13(9-11)23-3/h8-10H,4-5,7H2,1-3H3/b14-10-,20-17?. The summed E-state index contributed by atoms with van der Waals surface area (Å²) in [5, 5.41) is 9.66. The van der Waals surface area contributed by atoms with Gasteiger partial charge in [0.1, 0.15) is 6.07 Å². The van der Waals surface area contributed by atoms with E-state index in [0.29, 0.717) is 45.2 Å². The van der Waals surface area contributed by atoms with Crippen LogP contribution in [-0.4, -0.2) is 42.8 Å². The fourth-order valence-electron chi connectivity index (χ4n) is 2.26. The molecule has 2 rings (SSSR count). The van der Waals surface area contributed by atoms with Crippen molar-refractivity contribution in [3.63, 3.8) is 0 Å². The maximum absolute atomic E-state index is 12.5. The van der Waals surface area contributed by atoms with E-state index in [1.807, 2.05) is 19.9 Å². The van der Waals surface area contributed by atoms with E-state index in [-0.39, 0.29) is 12.5 Å². The molecule has 0 atom stereocenters. The molecule has 0 N–H and O–H groups in total. The molecular formula is C17H18ClN3O3S. The summed E-state index contributed by atoms with van der Waals surface area (Å²) in [4.78, 5) is 19.1. The molecule has 0 radical (unpaired) electrons. The lowest BCUT2D eigenvalue weighted by molar-refractivity contribution is -0.122. The molecule has 8 heteroatoms. The third-order valence-electron chi connectivity index (χ3n) is 3.33. The van der Waals surface area contributed by atoms with Crippen molar-refractivity contribution in [2.75, 3.05) is 26.8 Å². The van der Waals surface area contributed by atoms with Crippen LogP contribution in [0.25, 0.3) is 6.08 Å². The van der Waals surface area contributed by atoms with Gasteiger partial charge in [0.25, 0.3) is 5.91 Å². The van der Waals surface area contributed by atoms with Crippen molar-refractivity contribution in [1.29, 1.82) is 5.26 Å². The Balaban J connectivity index is 2.38. The summed E-state index contributed by atoms with van der Waals surface area (Å²) >= 11 is 7.57. The van der Waals surface area contributed by atoms with Crippen molar-refractivity contribution in [2.24, 2.45) is 4.99 Å². The molecule has 132 valence electrons. The van der Waals surface area contributed by atoms with Crippen LogP contribution >= 0.6 is 23.4 Å². The first kappa shape index (κ1) is 19.2. The highest BCUT2D eigenvalue weighted by Crippen LogP contribution is 2.38. The number of rotatable bonds is 6. The number of halogens is 1. The summed E-state index contributed by atoms with van der Waals surface area (Å²) in [6.07, 6.45) is 1.75. The topological polar surface area (TPSA) is 74.9 Å². The molecule has 0 unspecified atom stereocenters. The maximum Gasteiger partial charge on any atom is 0.266 e. The van der Waals surface area contributed by atoms with Crippen molar-refractivity contribution in [1.82, 2.24) is 4.90 Å². The third-order valence-corrected chi connectivity index (χ3v) is 4.65. The molecule has 0 aromatic heterocycles. The Bertz CT molecular complexity index is 771. The molecule has 1 amide bonds. The number of nitriles is 1. The van der Waals surface area contributed by atoms with E-state index in [1.54, 1.807) is 23.1 Å². The first-order valence-corrected chi connectivity index (χ1v) is 8.88. The molecule has 0 saturated carbocycles. The lowest BCUT2D eigenvalue weighted by Crippen LogP contribution is -2.28. The van der Waals surface area contributed by atoms with Crippen molar-refractivity contribution in [3.8, 4) is 17.6 Å². The SMILES string of the molecule is CCN=C1S/C(=C\c2cc(Cl)c(OCC#N)c(OC)c2)C(=O)N1CC. The van der Waals surface area contributed by atoms with Crippen LogP contribution in [0.5, 0.6) is 11.5 Å². The third kappa shape index (κ3) is 4.27. The number of methoxy groups -OCH3 is 1. The zero-order valence-corrected chi connectivity index (χ0v) is 15.8. The molecule has 1 aromatic rings. The fraction of sp³-hybridized carbons (Fsp3) is 0.353. The molecule has 6 nitrogen and oxygen atoms in total. The van der Waals surface area contributed by atoms with Crippen molar-refractivity contribution in [3.05, 3.63) is 27.6 Å². The monoisotopic (exact) mass is 379 g/mol. The van der Waals surface area contributed by atoms with E-state index in [2.05, 4.69) is 4.99 Å². The van der Waals surface area contributed by atoms with Crippen LogP contribution < -0.4 is 9.47 Å². The summed E-state index contributed by atoms with van der Waals surface area (Å²) in [5.41, 5.74) is 0.704. The number of hydrogen-bond donors (Lipinski definition) is 0. The van der Waals surface area contributed by atoms with Crippen LogP contribution in [0.2, 0.25) is 5.02 Å². The number of carbonyl (C=O) groups excluding carboxylic acids is 1. The van der Waals surface area contributed by atoms with Crippen LogP contribution in [0.3, 0.4) is 0 Å². The number of ether oxygens (including phenoxy) is 2. The molecule has 0 spiro atoms. The largest absolute Gasteiger partial charge is 0.493 e. The molecule has 0 aliphatic carbocycles. The number of benzene rings is 1. The first-order chi connectivity index (χ1) is 12.0. The Morgan fingerprint density at radius 3 is 2.80 bits per heavy atom. The van der Waals surface area contributed by atoms with Crippen molar-refractivity contribution in [2.45, 2.75) is 13.8 Å². The minimum Gasteiger partial charge on any atom is -0.493 e. The zero-order chi connectivity index (χ0) is 18.4. The van der Waals surface area contributed by atoms with Gasteiger partial charge in [-0.05, 0) is 49.4 Å².